The van der Waals surface area contributed by atoms with E-state index in [1.54, 1.807) is 0 Å². The number of carbonyl (C=O) groups is 4. The second-order valence-electron chi connectivity index (χ2n) is 8.06. The Kier molecular flexibility index (Phi) is 9.63. The van der Waals surface area contributed by atoms with Gasteiger partial charge in [0.15, 0.2) is 0 Å². The lowest BCUT2D eigenvalue weighted by Crippen LogP contribution is -2.40. The molecule has 0 atom stereocenters. The number of thiocarbonyl (C=S) groups is 1. The molecule has 2 aromatic rings. The van der Waals surface area contributed by atoms with E-state index in [1.165, 1.54) is 17.5 Å². The Bertz CT molecular complexity index is 1350. The normalized spacial score (nSPS) is 15.1. The summed E-state index contributed by atoms with van der Waals surface area (Å²) >= 11 is 7.06. The first-order valence-corrected chi connectivity index (χ1v) is 13.0. The first-order chi connectivity index (χ1) is 18.5. The topological polar surface area (TPSA) is 116 Å². The van der Waals surface area contributed by atoms with Crippen molar-refractivity contribution >= 4 is 69.4 Å². The van der Waals surface area contributed by atoms with Gasteiger partial charge in [0, 0.05) is 17.8 Å². The highest BCUT2D eigenvalue weighted by Gasteiger charge is 2.37. The molecule has 0 saturated carbocycles. The fraction of sp³-hybridized carbons (Fsp3) is 0.261. The average molecular weight is 626 g/mol. The molecular weight excluding hydrogens is 608 g/mol. The number of carbonyl (C=O) groups excluding carboxylic acids is 3. The van der Waals surface area contributed by atoms with Crippen LogP contribution in [0.1, 0.15) is 22.4 Å². The monoisotopic (exact) mass is 625 g/mol. The molecule has 1 aliphatic heterocycles. The summed E-state index contributed by atoms with van der Waals surface area (Å²) in [7, 11) is 0. The van der Waals surface area contributed by atoms with E-state index >= 15 is 0 Å². The number of aliphatic carboxylic acids is 1. The van der Waals surface area contributed by atoms with Crippen molar-refractivity contribution in [2.24, 2.45) is 0 Å². The van der Waals surface area contributed by atoms with Crippen molar-refractivity contribution in [3.8, 4) is 11.1 Å². The lowest BCUT2D eigenvalue weighted by atomic mass is 10.0. The van der Waals surface area contributed by atoms with E-state index in [9.17, 15) is 45.5 Å². The van der Waals surface area contributed by atoms with Crippen molar-refractivity contribution in [2.45, 2.75) is 18.8 Å². The molecule has 8 nitrogen and oxygen atoms in total. The zero-order chi connectivity index (χ0) is 29.8. The van der Waals surface area contributed by atoms with Crippen LogP contribution >= 0.6 is 35.3 Å². The third-order valence-electron chi connectivity index (χ3n) is 5.13. The molecular formula is C23H17F6N3O5S3. The highest BCUT2D eigenvalue weighted by Crippen LogP contribution is 2.40. The van der Waals surface area contributed by atoms with Gasteiger partial charge in [-0.25, -0.2) is 0 Å². The number of amides is 3. The van der Waals surface area contributed by atoms with Gasteiger partial charge in [0.25, 0.3) is 5.91 Å². The number of thioether (sulfide) groups is 1. The molecule has 3 N–H and O–H groups in total. The minimum atomic E-state index is -4.99. The van der Waals surface area contributed by atoms with Gasteiger partial charge in [0.2, 0.25) is 11.8 Å². The summed E-state index contributed by atoms with van der Waals surface area (Å²) in [6.07, 6.45) is -8.83. The quantitative estimate of drug-likeness (QED) is 0.216. The van der Waals surface area contributed by atoms with E-state index in [2.05, 4.69) is 10.6 Å². The van der Waals surface area contributed by atoms with E-state index in [-0.39, 0.29) is 39.4 Å². The molecule has 1 saturated heterocycles. The molecule has 2 heterocycles. The number of rotatable bonds is 9. The zero-order valence-corrected chi connectivity index (χ0v) is 22.3. The molecule has 1 fully saturated rings. The molecule has 0 aliphatic carbocycles. The van der Waals surface area contributed by atoms with Crippen molar-refractivity contribution < 1.29 is 50.6 Å². The highest BCUT2D eigenvalue weighted by molar-refractivity contribution is 8.26. The molecule has 0 unspecified atom stereocenters. The number of hydrogen-bond donors (Lipinski definition) is 3. The van der Waals surface area contributed by atoms with Gasteiger partial charge in [-0.15, -0.1) is 11.3 Å². The van der Waals surface area contributed by atoms with Gasteiger partial charge in [0.05, 0.1) is 22.6 Å². The van der Waals surface area contributed by atoms with E-state index in [4.69, 9.17) is 17.3 Å². The molecule has 3 amide bonds. The van der Waals surface area contributed by atoms with Crippen LogP contribution in [0.25, 0.3) is 17.2 Å². The number of halogens is 6. The molecule has 0 bridgehead atoms. The number of alkyl halides is 6. The number of nitrogens with zero attached hydrogens (tertiary/aromatic N) is 1. The Labute approximate surface area is 235 Å². The van der Waals surface area contributed by atoms with Crippen LogP contribution in [0.5, 0.6) is 0 Å². The SMILES string of the molecule is O=C(O)CNC(=O)CNC(=O)CCN1C(=O)/C(=C/c2cc(-c3cc(C(F)(F)F)cc(C(F)(F)F)c3)cs2)SC1=S. The van der Waals surface area contributed by atoms with Crippen molar-refractivity contribution in [1.29, 1.82) is 0 Å². The predicted octanol–water partition coefficient (Wildman–Crippen LogP) is 4.36. The molecule has 1 aromatic carbocycles. The number of thiophene rings is 1. The van der Waals surface area contributed by atoms with Crippen molar-refractivity contribution in [1.82, 2.24) is 15.5 Å². The van der Waals surface area contributed by atoms with Gasteiger partial charge in [-0.05, 0) is 46.8 Å². The fourth-order valence-corrected chi connectivity index (χ4v) is 5.46. The van der Waals surface area contributed by atoms with Crippen LogP contribution in [-0.4, -0.2) is 57.7 Å². The van der Waals surface area contributed by atoms with Crippen molar-refractivity contribution in [3.05, 3.63) is 50.6 Å². The minimum absolute atomic E-state index is 0.0383. The zero-order valence-electron chi connectivity index (χ0n) is 19.8. The van der Waals surface area contributed by atoms with Crippen LogP contribution in [-0.2, 0) is 31.5 Å². The van der Waals surface area contributed by atoms with Gasteiger partial charge in [-0.1, -0.05) is 24.0 Å². The predicted molar refractivity (Wildman–Crippen MR) is 138 cm³/mol. The Morgan fingerprint density at radius 3 is 2.10 bits per heavy atom. The lowest BCUT2D eigenvalue weighted by molar-refractivity contribution is -0.143. The Morgan fingerprint density at radius 2 is 1.52 bits per heavy atom. The van der Waals surface area contributed by atoms with Gasteiger partial charge in [-0.3, -0.25) is 24.1 Å². The second kappa shape index (κ2) is 12.4. The number of carboxylic acid groups (broad SMARTS) is 1. The second-order valence-corrected chi connectivity index (χ2v) is 10.7. The first kappa shape index (κ1) is 31.1. The maximum absolute atomic E-state index is 13.2. The van der Waals surface area contributed by atoms with E-state index < -0.39 is 60.3 Å². The number of hydrogen-bond acceptors (Lipinski definition) is 7. The summed E-state index contributed by atoms with van der Waals surface area (Å²) < 4.78 is 79.3. The smallest absolute Gasteiger partial charge is 0.416 e. The van der Waals surface area contributed by atoms with Crippen LogP contribution in [0.3, 0.4) is 0 Å². The lowest BCUT2D eigenvalue weighted by Gasteiger charge is -2.14. The first-order valence-electron chi connectivity index (χ1n) is 10.9. The third kappa shape index (κ3) is 8.28. The molecule has 214 valence electrons. The van der Waals surface area contributed by atoms with E-state index in [0.29, 0.717) is 17.0 Å². The number of nitrogens with one attached hydrogen (secondary N) is 2. The van der Waals surface area contributed by atoms with E-state index in [0.717, 1.165) is 28.0 Å². The summed E-state index contributed by atoms with van der Waals surface area (Å²) in [5.41, 5.74) is -3.10. The minimum Gasteiger partial charge on any atom is -0.480 e. The summed E-state index contributed by atoms with van der Waals surface area (Å²) in [6, 6.07) is 2.61. The molecule has 0 spiro atoms. The number of carboxylic acids is 1. The van der Waals surface area contributed by atoms with Crippen LogP contribution < -0.4 is 10.6 Å². The van der Waals surface area contributed by atoms with Gasteiger partial charge in [-0.2, -0.15) is 26.3 Å². The molecule has 17 heteroatoms. The van der Waals surface area contributed by atoms with Gasteiger partial charge >= 0.3 is 18.3 Å². The van der Waals surface area contributed by atoms with Gasteiger partial charge in [0.1, 0.15) is 10.9 Å². The standard InChI is InChI=1S/C23H17F6N3O5S3/c24-22(25,26)13-3-11(4-14(6-13)23(27,28)29)12-5-15(39-10-12)7-16-20(37)32(21(38)40-16)2-1-17(33)30-8-18(34)31-9-19(35)36/h3-7,10H,1-2,8-9H2,(H,30,33)(H,31,34)(H,35,36)/b16-7-. The average Bonchev–Trinajstić information content (AvgIpc) is 3.43. The largest absolute Gasteiger partial charge is 0.480 e. The Hall–Kier alpha value is -3.44. The summed E-state index contributed by atoms with van der Waals surface area (Å²) in [6.45, 7) is -1.22. The van der Waals surface area contributed by atoms with Crippen LogP contribution in [0.2, 0.25) is 0 Å². The maximum Gasteiger partial charge on any atom is 0.416 e. The molecule has 40 heavy (non-hydrogen) atoms. The van der Waals surface area contributed by atoms with Crippen LogP contribution in [0.4, 0.5) is 26.3 Å². The van der Waals surface area contributed by atoms with Gasteiger partial charge < -0.3 is 15.7 Å². The molecule has 3 rings (SSSR count). The number of benzene rings is 1. The Morgan fingerprint density at radius 1 is 0.925 bits per heavy atom. The maximum atomic E-state index is 13.2. The molecule has 1 aromatic heterocycles. The third-order valence-corrected chi connectivity index (χ3v) is 7.39. The highest BCUT2D eigenvalue weighted by atomic mass is 32.2. The molecule has 0 radical (unpaired) electrons. The van der Waals surface area contributed by atoms with Crippen molar-refractivity contribution in [3.63, 3.8) is 0 Å². The van der Waals surface area contributed by atoms with E-state index in [1.807, 2.05) is 0 Å². The fourth-order valence-electron chi connectivity index (χ4n) is 3.24. The van der Waals surface area contributed by atoms with Crippen LogP contribution in [0.15, 0.2) is 34.6 Å². The Balaban J connectivity index is 1.68. The van der Waals surface area contributed by atoms with Crippen LogP contribution in [0, 0.1) is 0 Å². The summed E-state index contributed by atoms with van der Waals surface area (Å²) in [5, 5.41) is 14.2. The molecule has 1 aliphatic rings. The van der Waals surface area contributed by atoms with Crippen molar-refractivity contribution in [2.75, 3.05) is 19.6 Å². The summed E-state index contributed by atoms with van der Waals surface area (Å²) in [4.78, 5) is 48.3. The summed E-state index contributed by atoms with van der Waals surface area (Å²) in [5.74, 6) is -3.15.